The van der Waals surface area contributed by atoms with Crippen molar-refractivity contribution in [2.24, 2.45) is 5.92 Å². The summed E-state index contributed by atoms with van der Waals surface area (Å²) in [5.41, 5.74) is 1.22. The molecule has 3 rings (SSSR count). The van der Waals surface area contributed by atoms with Crippen molar-refractivity contribution in [3.8, 4) is 5.75 Å². The van der Waals surface area contributed by atoms with E-state index in [4.69, 9.17) is 4.74 Å². The summed E-state index contributed by atoms with van der Waals surface area (Å²) in [5, 5.41) is 0. The third-order valence-corrected chi connectivity index (χ3v) is 5.02. The van der Waals surface area contributed by atoms with Crippen molar-refractivity contribution >= 4 is 11.8 Å². The Morgan fingerprint density at radius 3 is 2.46 bits per heavy atom. The van der Waals surface area contributed by atoms with Gasteiger partial charge in [0.15, 0.2) is 0 Å². The summed E-state index contributed by atoms with van der Waals surface area (Å²) in [4.78, 5) is 28.1. The summed E-state index contributed by atoms with van der Waals surface area (Å²) in [6.45, 7) is 6.71. The van der Waals surface area contributed by atoms with Crippen LogP contribution in [0, 0.1) is 12.8 Å². The molecule has 0 unspecified atom stereocenters. The summed E-state index contributed by atoms with van der Waals surface area (Å²) in [7, 11) is 0. The fourth-order valence-electron chi connectivity index (χ4n) is 3.50. The molecule has 2 fully saturated rings. The lowest BCUT2D eigenvalue weighted by Crippen LogP contribution is -2.44. The van der Waals surface area contributed by atoms with Crippen LogP contribution in [0.3, 0.4) is 0 Å². The van der Waals surface area contributed by atoms with Crippen LogP contribution in [0.15, 0.2) is 24.3 Å². The topological polar surface area (TPSA) is 49.9 Å². The van der Waals surface area contributed by atoms with E-state index >= 15 is 0 Å². The first-order valence-corrected chi connectivity index (χ1v) is 8.86. The maximum Gasteiger partial charge on any atom is 0.227 e. The molecule has 1 aromatic carbocycles. The van der Waals surface area contributed by atoms with Gasteiger partial charge >= 0.3 is 0 Å². The predicted octanol–water partition coefficient (Wildman–Crippen LogP) is 2.23. The molecule has 5 nitrogen and oxygen atoms in total. The largest absolute Gasteiger partial charge is 0.490 e. The van der Waals surface area contributed by atoms with E-state index in [-0.39, 0.29) is 23.8 Å². The van der Waals surface area contributed by atoms with Crippen molar-refractivity contribution in [2.75, 3.05) is 26.2 Å². The number of carbonyl (C=O) groups is 2. The minimum atomic E-state index is -0.160. The number of carbonyl (C=O) groups excluding carboxylic acids is 2. The SMILES string of the molecule is CCN1C[C@@H](C(=O)N2CCC(Oc3ccc(C)cc3)CC2)CC1=O. The normalized spacial score (nSPS) is 22.1. The summed E-state index contributed by atoms with van der Waals surface area (Å²) < 4.78 is 6.02. The number of hydrogen-bond donors (Lipinski definition) is 0. The highest BCUT2D eigenvalue weighted by molar-refractivity contribution is 5.89. The second-order valence-corrected chi connectivity index (χ2v) is 6.79. The van der Waals surface area contributed by atoms with Gasteiger partial charge in [-0.25, -0.2) is 0 Å². The number of aryl methyl sites for hydroxylation is 1. The Bertz CT molecular complexity index is 591. The van der Waals surface area contributed by atoms with Crippen LogP contribution >= 0.6 is 0 Å². The molecule has 2 heterocycles. The summed E-state index contributed by atoms with van der Waals surface area (Å²) in [6, 6.07) is 8.09. The van der Waals surface area contributed by atoms with Crippen LogP contribution in [0.2, 0.25) is 0 Å². The van der Waals surface area contributed by atoms with Crippen molar-refractivity contribution in [1.29, 1.82) is 0 Å². The highest BCUT2D eigenvalue weighted by Gasteiger charge is 2.36. The lowest BCUT2D eigenvalue weighted by Gasteiger charge is -2.33. The van der Waals surface area contributed by atoms with E-state index in [1.54, 1.807) is 4.90 Å². The molecule has 0 aromatic heterocycles. The molecule has 5 heteroatoms. The van der Waals surface area contributed by atoms with Crippen molar-refractivity contribution in [1.82, 2.24) is 9.80 Å². The van der Waals surface area contributed by atoms with Gasteiger partial charge in [-0.05, 0) is 26.0 Å². The number of ether oxygens (including phenoxy) is 1. The smallest absolute Gasteiger partial charge is 0.227 e. The molecule has 0 radical (unpaired) electrons. The van der Waals surface area contributed by atoms with E-state index in [9.17, 15) is 9.59 Å². The first-order chi connectivity index (χ1) is 11.6. The first-order valence-electron chi connectivity index (χ1n) is 8.86. The third-order valence-electron chi connectivity index (χ3n) is 5.02. The zero-order chi connectivity index (χ0) is 17.1. The predicted molar refractivity (Wildman–Crippen MR) is 91.8 cm³/mol. The molecular formula is C19H26N2O3. The van der Waals surface area contributed by atoms with Crippen LogP contribution in [0.25, 0.3) is 0 Å². The number of nitrogens with zero attached hydrogens (tertiary/aromatic N) is 2. The van der Waals surface area contributed by atoms with Crippen molar-refractivity contribution in [3.05, 3.63) is 29.8 Å². The Labute approximate surface area is 143 Å². The van der Waals surface area contributed by atoms with Crippen LogP contribution in [-0.4, -0.2) is 53.9 Å². The van der Waals surface area contributed by atoms with Gasteiger partial charge in [-0.15, -0.1) is 0 Å². The zero-order valence-corrected chi connectivity index (χ0v) is 14.5. The number of amides is 2. The summed E-state index contributed by atoms with van der Waals surface area (Å²) in [6.07, 6.45) is 2.22. The molecule has 130 valence electrons. The average molecular weight is 330 g/mol. The van der Waals surface area contributed by atoms with Gasteiger partial charge < -0.3 is 14.5 Å². The van der Waals surface area contributed by atoms with Gasteiger partial charge in [-0.3, -0.25) is 9.59 Å². The van der Waals surface area contributed by atoms with Crippen LogP contribution in [0.4, 0.5) is 0 Å². The van der Waals surface area contributed by atoms with Crippen LogP contribution in [0.5, 0.6) is 5.75 Å². The molecular weight excluding hydrogens is 304 g/mol. The van der Waals surface area contributed by atoms with Crippen LogP contribution in [0.1, 0.15) is 31.7 Å². The van der Waals surface area contributed by atoms with E-state index in [0.29, 0.717) is 32.6 Å². The fraction of sp³-hybridized carbons (Fsp3) is 0.579. The highest BCUT2D eigenvalue weighted by atomic mass is 16.5. The Morgan fingerprint density at radius 1 is 1.21 bits per heavy atom. The van der Waals surface area contributed by atoms with Crippen molar-refractivity contribution in [2.45, 2.75) is 39.2 Å². The van der Waals surface area contributed by atoms with E-state index in [1.165, 1.54) is 5.56 Å². The molecule has 0 N–H and O–H groups in total. The van der Waals surface area contributed by atoms with E-state index in [2.05, 4.69) is 6.92 Å². The third kappa shape index (κ3) is 3.71. The van der Waals surface area contributed by atoms with Gasteiger partial charge in [0.25, 0.3) is 0 Å². The molecule has 2 aliphatic rings. The quantitative estimate of drug-likeness (QED) is 0.851. The van der Waals surface area contributed by atoms with Gasteiger partial charge in [0.1, 0.15) is 11.9 Å². The highest BCUT2D eigenvalue weighted by Crippen LogP contribution is 2.24. The number of likely N-dealkylation sites (tertiary alicyclic amines) is 2. The van der Waals surface area contributed by atoms with Crippen molar-refractivity contribution in [3.63, 3.8) is 0 Å². The van der Waals surface area contributed by atoms with E-state index in [1.807, 2.05) is 36.1 Å². The van der Waals surface area contributed by atoms with Crippen LogP contribution in [-0.2, 0) is 9.59 Å². The number of benzene rings is 1. The Balaban J connectivity index is 1.49. The van der Waals surface area contributed by atoms with Crippen molar-refractivity contribution < 1.29 is 14.3 Å². The Kier molecular flexibility index (Phi) is 5.07. The maximum atomic E-state index is 12.6. The minimum absolute atomic E-state index is 0.105. The van der Waals surface area contributed by atoms with Gasteiger partial charge in [-0.2, -0.15) is 0 Å². The second kappa shape index (κ2) is 7.24. The average Bonchev–Trinajstić information content (AvgIpc) is 2.98. The lowest BCUT2D eigenvalue weighted by atomic mass is 10.0. The molecule has 2 amide bonds. The molecule has 0 bridgehead atoms. The van der Waals surface area contributed by atoms with Crippen LogP contribution < -0.4 is 4.74 Å². The van der Waals surface area contributed by atoms with E-state index < -0.39 is 0 Å². The molecule has 0 aliphatic carbocycles. The maximum absolute atomic E-state index is 12.6. The minimum Gasteiger partial charge on any atom is -0.490 e. The Morgan fingerprint density at radius 2 is 1.88 bits per heavy atom. The van der Waals surface area contributed by atoms with Gasteiger partial charge in [0, 0.05) is 45.4 Å². The standard InChI is InChI=1S/C19H26N2O3/c1-3-20-13-15(12-18(20)22)19(23)21-10-8-17(9-11-21)24-16-6-4-14(2)5-7-16/h4-7,15,17H,3,8-13H2,1-2H3/t15-/m0/s1. The lowest BCUT2D eigenvalue weighted by molar-refractivity contribution is -0.137. The summed E-state index contributed by atoms with van der Waals surface area (Å²) >= 11 is 0. The Hall–Kier alpha value is -2.04. The second-order valence-electron chi connectivity index (χ2n) is 6.79. The molecule has 0 spiro atoms. The molecule has 24 heavy (non-hydrogen) atoms. The number of piperidine rings is 1. The molecule has 0 saturated carbocycles. The van der Waals surface area contributed by atoms with E-state index in [0.717, 1.165) is 18.6 Å². The van der Waals surface area contributed by atoms with Gasteiger partial charge in [0.2, 0.25) is 11.8 Å². The monoisotopic (exact) mass is 330 g/mol. The molecule has 2 saturated heterocycles. The number of rotatable bonds is 4. The fourth-order valence-corrected chi connectivity index (χ4v) is 3.50. The van der Waals surface area contributed by atoms with Gasteiger partial charge in [0.05, 0.1) is 5.92 Å². The zero-order valence-electron chi connectivity index (χ0n) is 14.5. The molecule has 1 aromatic rings. The summed E-state index contributed by atoms with van der Waals surface area (Å²) in [5.74, 6) is 0.971. The van der Waals surface area contributed by atoms with Gasteiger partial charge in [-0.1, -0.05) is 17.7 Å². The molecule has 1 atom stereocenters. The first kappa shape index (κ1) is 16.8. The molecule has 2 aliphatic heterocycles. The number of hydrogen-bond acceptors (Lipinski definition) is 3.